The number of carbonyl (C=O) groups excluding carboxylic acids is 2. The van der Waals surface area contributed by atoms with Crippen LogP contribution in [0.2, 0.25) is 10.0 Å². The van der Waals surface area contributed by atoms with Crippen LogP contribution in [0, 0.1) is 0 Å². The Morgan fingerprint density at radius 2 is 1.48 bits per heavy atom. The highest BCUT2D eigenvalue weighted by Crippen LogP contribution is 2.35. The average Bonchev–Trinajstić information content (AvgIpc) is 3.05. The SMILES string of the molecule is CC[C@H](C)NC(=O)[C@@H](Cc1ccccc1)N(Cc1cccc(Cl)c1)C(=O)CN(c1cc(Cl)ccc1OC)S(=O)(=O)c1ccccc1. The number of nitrogens with one attached hydrogen (secondary N) is 1. The summed E-state index contributed by atoms with van der Waals surface area (Å²) in [5.74, 6) is -0.762. The van der Waals surface area contributed by atoms with Crippen LogP contribution >= 0.6 is 23.2 Å². The van der Waals surface area contributed by atoms with Crippen LogP contribution < -0.4 is 14.4 Å². The van der Waals surface area contributed by atoms with Gasteiger partial charge in [-0.3, -0.25) is 13.9 Å². The van der Waals surface area contributed by atoms with Crippen LogP contribution in [-0.4, -0.2) is 50.9 Å². The zero-order chi connectivity index (χ0) is 33.3. The van der Waals surface area contributed by atoms with Crippen molar-refractivity contribution < 1.29 is 22.7 Å². The van der Waals surface area contributed by atoms with Gasteiger partial charge in [0, 0.05) is 29.1 Å². The minimum atomic E-state index is -4.31. The molecule has 4 rings (SSSR count). The standard InChI is InChI=1S/C35H37Cl2N3O5S/c1-4-25(2)38-35(42)32(21-26-12-7-5-8-13-26)39(23-27-14-11-15-28(36)20-27)34(41)24-40(31-22-29(37)18-19-33(31)45-3)46(43,44)30-16-9-6-10-17-30/h5-20,22,25,32H,4,21,23-24H2,1-3H3,(H,38,42)/t25-,32+/m0/s1. The van der Waals surface area contributed by atoms with E-state index in [1.807, 2.05) is 44.2 Å². The Hall–Kier alpha value is -4.05. The highest BCUT2D eigenvalue weighted by atomic mass is 35.5. The molecule has 0 fully saturated rings. The van der Waals surface area contributed by atoms with Crippen molar-refractivity contribution in [2.45, 2.75) is 50.2 Å². The van der Waals surface area contributed by atoms with Gasteiger partial charge in [-0.15, -0.1) is 0 Å². The molecule has 0 aromatic heterocycles. The molecule has 1 N–H and O–H groups in total. The normalized spacial score (nSPS) is 12.5. The van der Waals surface area contributed by atoms with E-state index in [1.165, 1.54) is 36.3 Å². The van der Waals surface area contributed by atoms with Crippen LogP contribution in [0.4, 0.5) is 5.69 Å². The fraction of sp³-hybridized carbons (Fsp3) is 0.257. The van der Waals surface area contributed by atoms with Gasteiger partial charge in [-0.05, 0) is 66.9 Å². The first kappa shape index (κ1) is 34.8. The molecule has 0 saturated carbocycles. The zero-order valence-electron chi connectivity index (χ0n) is 25.9. The number of hydrogen-bond acceptors (Lipinski definition) is 5. The maximum atomic E-state index is 14.6. The number of amides is 2. The number of hydrogen-bond donors (Lipinski definition) is 1. The van der Waals surface area contributed by atoms with Crippen molar-refractivity contribution in [1.82, 2.24) is 10.2 Å². The molecule has 0 aliphatic rings. The van der Waals surface area contributed by atoms with E-state index < -0.39 is 28.5 Å². The highest BCUT2D eigenvalue weighted by Gasteiger charge is 2.36. The summed E-state index contributed by atoms with van der Waals surface area (Å²) in [6.07, 6.45) is 0.880. The summed E-state index contributed by atoms with van der Waals surface area (Å²) in [7, 11) is -2.91. The topological polar surface area (TPSA) is 96.0 Å². The van der Waals surface area contributed by atoms with Crippen LogP contribution in [0.5, 0.6) is 5.75 Å². The molecule has 8 nitrogen and oxygen atoms in total. The van der Waals surface area contributed by atoms with Crippen molar-refractivity contribution in [2.75, 3.05) is 18.0 Å². The van der Waals surface area contributed by atoms with Crippen LogP contribution in [0.15, 0.2) is 108 Å². The van der Waals surface area contributed by atoms with E-state index in [4.69, 9.17) is 27.9 Å². The second-order valence-corrected chi connectivity index (χ2v) is 13.6. The van der Waals surface area contributed by atoms with Crippen molar-refractivity contribution in [3.05, 3.63) is 124 Å². The van der Waals surface area contributed by atoms with Crippen LogP contribution in [0.1, 0.15) is 31.4 Å². The third kappa shape index (κ3) is 8.81. The maximum Gasteiger partial charge on any atom is 0.264 e. The Morgan fingerprint density at radius 3 is 2.11 bits per heavy atom. The Kier molecular flexibility index (Phi) is 12.1. The molecule has 2 amide bonds. The summed E-state index contributed by atoms with van der Waals surface area (Å²) >= 11 is 12.7. The molecule has 0 aliphatic heterocycles. The summed E-state index contributed by atoms with van der Waals surface area (Å²) in [6.45, 7) is 3.20. The lowest BCUT2D eigenvalue weighted by Crippen LogP contribution is -2.54. The van der Waals surface area contributed by atoms with Crippen LogP contribution in [0.25, 0.3) is 0 Å². The third-order valence-corrected chi connectivity index (χ3v) is 9.78. The molecule has 0 saturated heterocycles. The third-order valence-electron chi connectivity index (χ3n) is 7.53. The summed E-state index contributed by atoms with van der Waals surface area (Å²) in [6, 6.07) is 27.6. The maximum absolute atomic E-state index is 14.6. The number of anilines is 1. The molecule has 242 valence electrons. The molecule has 0 aliphatic carbocycles. The number of benzene rings is 4. The van der Waals surface area contributed by atoms with Gasteiger partial charge in [-0.1, -0.05) is 90.8 Å². The van der Waals surface area contributed by atoms with E-state index >= 15 is 0 Å². The fourth-order valence-electron chi connectivity index (χ4n) is 4.92. The number of sulfonamides is 1. The second-order valence-electron chi connectivity index (χ2n) is 10.8. The molecule has 11 heteroatoms. The first-order valence-electron chi connectivity index (χ1n) is 14.8. The molecule has 0 spiro atoms. The summed E-state index contributed by atoms with van der Waals surface area (Å²) in [5, 5.41) is 3.74. The molecule has 46 heavy (non-hydrogen) atoms. The lowest BCUT2D eigenvalue weighted by molar-refractivity contribution is -0.140. The van der Waals surface area contributed by atoms with E-state index in [9.17, 15) is 18.0 Å². The largest absolute Gasteiger partial charge is 0.495 e. The molecule has 2 atom stereocenters. The smallest absolute Gasteiger partial charge is 0.264 e. The molecule has 4 aromatic carbocycles. The van der Waals surface area contributed by atoms with Gasteiger partial charge < -0.3 is 15.0 Å². The Bertz CT molecular complexity index is 1740. The van der Waals surface area contributed by atoms with Gasteiger partial charge in [0.1, 0.15) is 18.3 Å². The summed E-state index contributed by atoms with van der Waals surface area (Å²) in [5.41, 5.74) is 1.59. The molecule has 0 unspecified atom stereocenters. The van der Waals surface area contributed by atoms with E-state index in [1.54, 1.807) is 48.5 Å². The summed E-state index contributed by atoms with van der Waals surface area (Å²) in [4.78, 5) is 29.9. The van der Waals surface area contributed by atoms with E-state index in [0.29, 0.717) is 17.0 Å². The number of rotatable bonds is 14. The number of ether oxygens (including phenoxy) is 1. The summed E-state index contributed by atoms with van der Waals surface area (Å²) < 4.78 is 34.9. The molecule has 4 aromatic rings. The van der Waals surface area contributed by atoms with E-state index in [-0.39, 0.29) is 46.3 Å². The Labute approximate surface area is 280 Å². The van der Waals surface area contributed by atoms with Crippen molar-refractivity contribution in [1.29, 1.82) is 0 Å². The predicted octanol–water partition coefficient (Wildman–Crippen LogP) is 6.75. The molecule has 0 radical (unpaired) electrons. The Balaban J connectivity index is 1.85. The average molecular weight is 683 g/mol. The number of carbonyl (C=O) groups is 2. The van der Waals surface area contributed by atoms with Gasteiger partial charge in [-0.25, -0.2) is 8.42 Å². The van der Waals surface area contributed by atoms with Crippen molar-refractivity contribution in [3.63, 3.8) is 0 Å². The van der Waals surface area contributed by atoms with Gasteiger partial charge in [0.15, 0.2) is 0 Å². The lowest BCUT2D eigenvalue weighted by Gasteiger charge is -2.34. The quantitative estimate of drug-likeness (QED) is 0.159. The monoisotopic (exact) mass is 681 g/mol. The van der Waals surface area contributed by atoms with Gasteiger partial charge >= 0.3 is 0 Å². The van der Waals surface area contributed by atoms with Crippen LogP contribution in [0.3, 0.4) is 0 Å². The minimum Gasteiger partial charge on any atom is -0.495 e. The number of methoxy groups -OCH3 is 1. The second kappa shape index (κ2) is 16.0. The minimum absolute atomic E-state index is 0.00325. The molecule has 0 heterocycles. The van der Waals surface area contributed by atoms with Gasteiger partial charge in [0.2, 0.25) is 11.8 Å². The van der Waals surface area contributed by atoms with Crippen LogP contribution in [-0.2, 0) is 32.6 Å². The van der Waals surface area contributed by atoms with Gasteiger partial charge in [-0.2, -0.15) is 0 Å². The first-order chi connectivity index (χ1) is 22.0. The van der Waals surface area contributed by atoms with E-state index in [2.05, 4.69) is 5.32 Å². The predicted molar refractivity (Wildman–Crippen MR) is 183 cm³/mol. The molecular formula is C35H37Cl2N3O5S. The lowest BCUT2D eigenvalue weighted by atomic mass is 10.0. The Morgan fingerprint density at radius 1 is 0.848 bits per heavy atom. The van der Waals surface area contributed by atoms with E-state index in [0.717, 1.165) is 9.87 Å². The molecular weight excluding hydrogens is 645 g/mol. The van der Waals surface area contributed by atoms with Gasteiger partial charge in [0.25, 0.3) is 10.0 Å². The first-order valence-corrected chi connectivity index (χ1v) is 17.0. The number of halogens is 2. The zero-order valence-corrected chi connectivity index (χ0v) is 28.2. The van der Waals surface area contributed by atoms with Crippen molar-refractivity contribution in [3.8, 4) is 5.75 Å². The van der Waals surface area contributed by atoms with Gasteiger partial charge in [0.05, 0.1) is 17.7 Å². The molecule has 0 bridgehead atoms. The fourth-order valence-corrected chi connectivity index (χ4v) is 6.73. The number of nitrogens with zero attached hydrogens (tertiary/aromatic N) is 2. The van der Waals surface area contributed by atoms with Crippen molar-refractivity contribution >= 4 is 50.7 Å². The highest BCUT2D eigenvalue weighted by molar-refractivity contribution is 7.92. The van der Waals surface area contributed by atoms with Crippen molar-refractivity contribution in [2.24, 2.45) is 0 Å².